The van der Waals surface area contributed by atoms with Gasteiger partial charge in [-0.15, -0.1) is 0 Å². The third kappa shape index (κ3) is 8.37. The summed E-state index contributed by atoms with van der Waals surface area (Å²) in [5, 5.41) is 23.7. The molecule has 2 atom stereocenters. The minimum atomic E-state index is -1.31. The summed E-state index contributed by atoms with van der Waals surface area (Å²) in [6.07, 6.45) is -1.21. The highest BCUT2D eigenvalue weighted by Gasteiger charge is 2.25. The maximum atomic E-state index is 13.2. The number of amides is 3. The highest BCUT2D eigenvalue weighted by atomic mass is 19.1. The first-order chi connectivity index (χ1) is 20.2. The van der Waals surface area contributed by atoms with Gasteiger partial charge in [0.05, 0.1) is 12.6 Å². The first kappa shape index (κ1) is 30.2. The van der Waals surface area contributed by atoms with Crippen LogP contribution in [0.4, 0.5) is 15.8 Å². The lowest BCUT2D eigenvalue weighted by Crippen LogP contribution is -2.51. The highest BCUT2D eigenvalue weighted by molar-refractivity contribution is 5.97. The van der Waals surface area contributed by atoms with Crippen LogP contribution in [0.15, 0.2) is 72.8 Å². The molecule has 3 aromatic carbocycles. The fraction of sp³-hybridized carbons (Fsp3) is 0.258. The molecule has 4 rings (SSSR count). The molecule has 1 aliphatic rings. The van der Waals surface area contributed by atoms with Crippen LogP contribution in [0.25, 0.3) is 0 Å². The minimum Gasteiger partial charge on any atom is -0.391 e. The molecule has 1 fully saturated rings. The lowest BCUT2D eigenvalue weighted by molar-refractivity contribution is -0.133. The number of hydrogen-bond acceptors (Lipinski definition) is 7. The largest absolute Gasteiger partial charge is 0.391 e. The number of hydrogen-bond donors (Lipinski definition) is 5. The second-order valence-electron chi connectivity index (χ2n) is 9.86. The number of rotatable bonds is 8. The molecule has 0 bridgehead atoms. The molecular weight excluding hydrogens is 541 g/mol. The number of aliphatic hydroxyl groups excluding tert-OH is 1. The van der Waals surface area contributed by atoms with Crippen LogP contribution in [0.2, 0.25) is 0 Å². The highest BCUT2D eigenvalue weighted by Crippen LogP contribution is 2.17. The fourth-order valence-corrected chi connectivity index (χ4v) is 4.41. The molecular formula is C31H32FN5O5. The Morgan fingerprint density at radius 1 is 0.881 bits per heavy atom. The van der Waals surface area contributed by atoms with Crippen molar-refractivity contribution in [2.24, 2.45) is 0 Å². The zero-order valence-corrected chi connectivity index (χ0v) is 23.0. The van der Waals surface area contributed by atoms with Gasteiger partial charge in [-0.3, -0.25) is 24.5 Å². The van der Waals surface area contributed by atoms with E-state index in [1.807, 2.05) is 0 Å². The van der Waals surface area contributed by atoms with Crippen LogP contribution in [0.3, 0.4) is 0 Å². The normalized spacial score (nSPS) is 14.6. The molecule has 2 unspecified atom stereocenters. The van der Waals surface area contributed by atoms with Crippen molar-refractivity contribution in [1.29, 1.82) is 0 Å². The molecule has 1 saturated heterocycles. The van der Waals surface area contributed by atoms with Crippen molar-refractivity contribution in [2.75, 3.05) is 42.9 Å². The lowest BCUT2D eigenvalue weighted by Gasteiger charge is -2.35. The van der Waals surface area contributed by atoms with Crippen LogP contribution in [0, 0.1) is 17.7 Å². The van der Waals surface area contributed by atoms with E-state index in [0.29, 0.717) is 11.3 Å². The van der Waals surface area contributed by atoms with Gasteiger partial charge in [0, 0.05) is 54.2 Å². The molecule has 0 spiro atoms. The van der Waals surface area contributed by atoms with E-state index in [0.717, 1.165) is 37.4 Å². The van der Waals surface area contributed by atoms with E-state index in [4.69, 9.17) is 5.21 Å². The minimum absolute atomic E-state index is 0.107. The van der Waals surface area contributed by atoms with Crippen molar-refractivity contribution in [2.45, 2.75) is 19.1 Å². The Kier molecular flexibility index (Phi) is 10.2. The van der Waals surface area contributed by atoms with E-state index in [-0.39, 0.29) is 23.8 Å². The van der Waals surface area contributed by atoms with Gasteiger partial charge in [-0.1, -0.05) is 11.8 Å². The summed E-state index contributed by atoms with van der Waals surface area (Å²) < 4.78 is 13.2. The van der Waals surface area contributed by atoms with Crippen molar-refractivity contribution in [3.63, 3.8) is 0 Å². The number of benzene rings is 3. The van der Waals surface area contributed by atoms with E-state index in [9.17, 15) is 23.9 Å². The van der Waals surface area contributed by atoms with Crippen molar-refractivity contribution in [1.82, 2.24) is 15.7 Å². The molecule has 0 aliphatic carbocycles. The molecule has 0 saturated carbocycles. The van der Waals surface area contributed by atoms with Gasteiger partial charge in [0.25, 0.3) is 11.8 Å². The summed E-state index contributed by atoms with van der Waals surface area (Å²) in [6, 6.07) is 18.7. The monoisotopic (exact) mass is 573 g/mol. The molecule has 10 nitrogen and oxygen atoms in total. The Labute approximate surface area is 243 Å². The van der Waals surface area contributed by atoms with Gasteiger partial charge in [-0.05, 0) is 79.7 Å². The summed E-state index contributed by atoms with van der Waals surface area (Å²) in [7, 11) is 0. The molecule has 42 heavy (non-hydrogen) atoms. The van der Waals surface area contributed by atoms with Crippen LogP contribution in [-0.2, 0) is 9.59 Å². The lowest BCUT2D eigenvalue weighted by atomic mass is 10.1. The number of aliphatic hydroxyl groups is 1. The van der Waals surface area contributed by atoms with Crippen LogP contribution in [0.1, 0.15) is 28.4 Å². The summed E-state index contributed by atoms with van der Waals surface area (Å²) in [5.41, 5.74) is 4.70. The van der Waals surface area contributed by atoms with Gasteiger partial charge < -0.3 is 20.6 Å². The maximum Gasteiger partial charge on any atom is 0.268 e. The summed E-state index contributed by atoms with van der Waals surface area (Å²) in [4.78, 5) is 40.9. The second-order valence-corrected chi connectivity index (χ2v) is 9.86. The third-order valence-electron chi connectivity index (χ3n) is 6.76. The Balaban J connectivity index is 1.24. The van der Waals surface area contributed by atoms with Crippen LogP contribution >= 0.6 is 0 Å². The van der Waals surface area contributed by atoms with Gasteiger partial charge in [-0.25, -0.2) is 9.87 Å². The summed E-state index contributed by atoms with van der Waals surface area (Å²) >= 11 is 0. The predicted molar refractivity (Wildman–Crippen MR) is 155 cm³/mol. The standard InChI is InChI=1S/C31H32FN5O5/c1-21(38)29(31(41)35-42)34-30(40)24-8-4-22(5-9-24)2-3-23-6-12-26(13-7-23)33-28(39)20-36-16-18-37(19-17-36)27-14-10-25(32)11-15-27/h4-15,21,29,38,42H,16-20H2,1H3,(H,33,39)(H,34,40)(H,35,41). The SMILES string of the molecule is CC(O)C(NC(=O)c1ccc(C#Cc2ccc(NC(=O)CN3CCN(c4ccc(F)cc4)CC3)cc2)cc1)C(=O)NO. The van der Waals surface area contributed by atoms with Gasteiger partial charge in [0.1, 0.15) is 11.9 Å². The Hall–Kier alpha value is -4.76. The smallest absolute Gasteiger partial charge is 0.268 e. The van der Waals surface area contributed by atoms with E-state index in [1.54, 1.807) is 48.5 Å². The molecule has 3 amide bonds. The van der Waals surface area contributed by atoms with E-state index < -0.39 is 24.0 Å². The number of hydroxylamine groups is 1. The van der Waals surface area contributed by atoms with Gasteiger partial charge in [0.15, 0.2) is 0 Å². The number of halogens is 1. The second kappa shape index (κ2) is 14.2. The van der Waals surface area contributed by atoms with E-state index >= 15 is 0 Å². The first-order valence-electron chi connectivity index (χ1n) is 13.4. The Bertz CT molecular complexity index is 1440. The zero-order chi connectivity index (χ0) is 30.1. The maximum absolute atomic E-state index is 13.2. The average Bonchev–Trinajstić information content (AvgIpc) is 3.00. The number of carbonyl (C=O) groups is 3. The molecule has 5 N–H and O–H groups in total. The molecule has 1 heterocycles. The van der Waals surface area contributed by atoms with Crippen molar-refractivity contribution < 1.29 is 29.1 Å². The number of carbonyl (C=O) groups excluding carboxylic acids is 3. The van der Waals surface area contributed by atoms with Crippen molar-refractivity contribution >= 4 is 29.1 Å². The van der Waals surface area contributed by atoms with Gasteiger partial charge >= 0.3 is 0 Å². The number of nitrogens with zero attached hydrogens (tertiary/aromatic N) is 2. The Morgan fingerprint density at radius 3 is 2.00 bits per heavy atom. The molecule has 11 heteroatoms. The number of piperazine rings is 1. The van der Waals surface area contributed by atoms with Gasteiger partial charge in [-0.2, -0.15) is 0 Å². The van der Waals surface area contributed by atoms with E-state index in [2.05, 4.69) is 32.3 Å². The van der Waals surface area contributed by atoms with Crippen molar-refractivity contribution in [3.05, 3.63) is 95.3 Å². The molecule has 3 aromatic rings. The van der Waals surface area contributed by atoms with E-state index in [1.165, 1.54) is 36.7 Å². The summed E-state index contributed by atoms with van der Waals surface area (Å²) in [5.74, 6) is 4.17. The van der Waals surface area contributed by atoms with Crippen LogP contribution in [-0.4, -0.2) is 77.8 Å². The Morgan fingerprint density at radius 2 is 1.45 bits per heavy atom. The predicted octanol–water partition coefficient (Wildman–Crippen LogP) is 1.97. The topological polar surface area (TPSA) is 134 Å². The van der Waals surface area contributed by atoms with Crippen LogP contribution in [0.5, 0.6) is 0 Å². The van der Waals surface area contributed by atoms with Gasteiger partial charge in [0.2, 0.25) is 5.91 Å². The van der Waals surface area contributed by atoms with Crippen molar-refractivity contribution in [3.8, 4) is 11.8 Å². The fourth-order valence-electron chi connectivity index (χ4n) is 4.41. The quantitative estimate of drug-likeness (QED) is 0.158. The molecule has 218 valence electrons. The summed E-state index contributed by atoms with van der Waals surface area (Å²) in [6.45, 7) is 4.58. The molecule has 0 aromatic heterocycles. The third-order valence-corrected chi connectivity index (χ3v) is 6.76. The number of nitrogens with one attached hydrogen (secondary N) is 3. The number of anilines is 2. The first-order valence-corrected chi connectivity index (χ1v) is 13.4. The molecule has 1 aliphatic heterocycles. The zero-order valence-electron chi connectivity index (χ0n) is 23.0. The average molecular weight is 574 g/mol. The molecule has 0 radical (unpaired) electrons. The van der Waals surface area contributed by atoms with Crippen LogP contribution < -0.4 is 21.0 Å².